The molecule has 1 atom stereocenters. The van der Waals surface area contributed by atoms with Gasteiger partial charge < -0.3 is 60.3 Å². The van der Waals surface area contributed by atoms with Crippen LogP contribution in [0.2, 0.25) is 0 Å². The molecule has 464 valence electrons. The smallest absolute Gasteiger partial charge is 0.336 e. The van der Waals surface area contributed by atoms with E-state index in [2.05, 4.69) is 116 Å². The molecule has 0 bridgehead atoms. The Balaban J connectivity index is -0.000000449. The lowest BCUT2D eigenvalue weighted by atomic mass is 9.90. The summed E-state index contributed by atoms with van der Waals surface area (Å²) in [6.07, 6.45) is 4.39. The minimum atomic E-state index is -0.302. The van der Waals surface area contributed by atoms with Gasteiger partial charge in [-0.15, -0.1) is 0 Å². The number of hydrogen-bond acceptors (Lipinski definition) is 15. The van der Waals surface area contributed by atoms with Gasteiger partial charge in [0.1, 0.15) is 17.8 Å². The fraction of sp³-hybridized carbons (Fsp3) is 0.279. The SMILES string of the molecule is C=C(C)C(=O)NC.C=C(C)C(=O)Nc1ccccc1.C=C(C)C(=O)OC1CCc2ccccc2C1.C=C(C)C(=O)OC1Cc2ccccc2C1.CO.CO.CO.CO.CO.CO.CO.O=c1ccc2ccccc2o1.c1ccc2ccccc2c1. The number of likely N-dealkylation sites (N-methyl/N-ethyl adjacent to an activating group) is 1. The Morgan fingerprint density at radius 2 is 0.765 bits per heavy atom. The zero-order chi connectivity index (χ0) is 65.7. The fourth-order valence-electron chi connectivity index (χ4n) is 6.99. The van der Waals surface area contributed by atoms with E-state index in [0.717, 1.165) is 92.9 Å². The highest BCUT2D eigenvalue weighted by atomic mass is 16.5. The summed E-state index contributed by atoms with van der Waals surface area (Å²) in [5, 5.41) is 57.7. The summed E-state index contributed by atoms with van der Waals surface area (Å²) in [4.78, 5) is 54.8. The molecule has 2 aliphatic rings. The van der Waals surface area contributed by atoms with Gasteiger partial charge in [-0.3, -0.25) is 9.59 Å². The largest absolute Gasteiger partial charge is 0.459 e. The number of aliphatic hydroxyl groups is 7. The Bertz CT molecular complexity index is 2940. The minimum absolute atomic E-state index is 0.00778. The van der Waals surface area contributed by atoms with Crippen molar-refractivity contribution < 1.29 is 68.8 Å². The van der Waals surface area contributed by atoms with Crippen LogP contribution >= 0.6 is 0 Å². The average molecular weight is 1180 g/mol. The maximum absolute atomic E-state index is 11.4. The summed E-state index contributed by atoms with van der Waals surface area (Å²) in [5.41, 5.74) is 8.38. The first-order chi connectivity index (χ1) is 41.0. The van der Waals surface area contributed by atoms with Crippen LogP contribution in [0.5, 0.6) is 0 Å². The number of hydrogen-bond donors (Lipinski definition) is 9. The number of esters is 2. The van der Waals surface area contributed by atoms with Crippen LogP contribution in [0.1, 0.15) is 56.4 Å². The van der Waals surface area contributed by atoms with Crippen molar-refractivity contribution in [3.05, 3.63) is 245 Å². The van der Waals surface area contributed by atoms with Crippen molar-refractivity contribution in [2.24, 2.45) is 0 Å². The van der Waals surface area contributed by atoms with Crippen LogP contribution in [0.4, 0.5) is 5.69 Å². The summed E-state index contributed by atoms with van der Waals surface area (Å²) in [7, 11) is 8.58. The van der Waals surface area contributed by atoms with Crippen LogP contribution in [0.25, 0.3) is 21.7 Å². The highest BCUT2D eigenvalue weighted by Crippen LogP contribution is 2.25. The minimum Gasteiger partial charge on any atom is -0.459 e. The number of carbonyl (C=O) groups is 4. The van der Waals surface area contributed by atoms with Crippen molar-refractivity contribution in [1.29, 1.82) is 0 Å². The molecule has 2 aliphatic carbocycles. The molecule has 17 nitrogen and oxygen atoms in total. The lowest BCUT2D eigenvalue weighted by Crippen LogP contribution is -2.25. The van der Waals surface area contributed by atoms with Crippen molar-refractivity contribution in [1.82, 2.24) is 5.32 Å². The molecule has 0 fully saturated rings. The Kier molecular flexibility index (Phi) is 52.0. The Hall–Kier alpha value is -8.65. The monoisotopic (exact) mass is 1180 g/mol. The Morgan fingerprint density at radius 1 is 0.424 bits per heavy atom. The Morgan fingerprint density at radius 3 is 1.15 bits per heavy atom. The molecule has 0 saturated carbocycles. The number of ether oxygens (including phenoxy) is 2. The van der Waals surface area contributed by atoms with Crippen LogP contribution in [0, 0.1) is 0 Å². The molecule has 85 heavy (non-hydrogen) atoms. The maximum atomic E-state index is 11.4. The number of para-hydroxylation sites is 2. The standard InChI is InChI=1S/C14H16O2.C13H14O2.C10H11NO.C10H8.C9H6O2.C5H9NO.7CH4O/c1-10(2)14(15)16-13-8-7-11-5-3-4-6-12(11)9-13;1-9(2)13(14)15-12-7-10-5-3-4-6-11(10)8-12;1-8(2)10(12)11-9-6-4-3-5-7-9;1-2-6-10-8-4-3-7-9(10)5-1;10-9-6-5-7-3-1-2-4-8(7)11-9;1-4(2)5(7)6-3;7*1-2/h3-6,13H,1,7-9H2,2H3;3-6,12H,1,7-8H2,2H3;3-7H,1H2,2H3,(H,11,12);1-8H;1-6H;1H2,2-3H3,(H,6,7);7*2H,1H3. The molecule has 6 aromatic carbocycles. The van der Waals surface area contributed by atoms with E-state index in [1.165, 1.54) is 39.1 Å². The predicted octanol–water partition coefficient (Wildman–Crippen LogP) is 9.34. The molecule has 9 rings (SSSR count). The molecule has 17 heteroatoms. The van der Waals surface area contributed by atoms with Gasteiger partial charge >= 0.3 is 17.6 Å². The molecule has 0 radical (unpaired) electrons. The van der Waals surface area contributed by atoms with Crippen LogP contribution in [0.15, 0.2) is 222 Å². The lowest BCUT2D eigenvalue weighted by molar-refractivity contribution is -0.145. The first-order valence-electron chi connectivity index (χ1n) is 26.4. The summed E-state index contributed by atoms with van der Waals surface area (Å²) in [5.74, 6) is -0.793. The quantitative estimate of drug-likeness (QED) is 0.0408. The average Bonchev–Trinajstić information content (AvgIpc) is 4.04. The molecule has 1 heterocycles. The third-order valence-corrected chi connectivity index (χ3v) is 10.8. The van der Waals surface area contributed by atoms with Gasteiger partial charge in [0.15, 0.2) is 0 Å². The fourth-order valence-corrected chi connectivity index (χ4v) is 6.99. The van der Waals surface area contributed by atoms with Gasteiger partial charge in [0.25, 0.3) is 5.91 Å². The number of aliphatic hydroxyl groups excluding tert-OH is 7. The van der Waals surface area contributed by atoms with Crippen LogP contribution < -0.4 is 16.3 Å². The van der Waals surface area contributed by atoms with Crippen molar-refractivity contribution >= 4 is 51.2 Å². The van der Waals surface area contributed by atoms with Gasteiger partial charge in [0.05, 0.1) is 0 Å². The summed E-state index contributed by atoms with van der Waals surface area (Å²) in [6.45, 7) is 20.8. The zero-order valence-corrected chi connectivity index (χ0v) is 51.5. The normalized spacial score (nSPS) is 11.0. The molecule has 0 saturated heterocycles. The number of benzene rings is 6. The molecule has 1 aromatic heterocycles. The molecule has 0 aliphatic heterocycles. The molecule has 0 spiro atoms. The van der Waals surface area contributed by atoms with Crippen LogP contribution in [0.3, 0.4) is 0 Å². The topological polar surface area (TPSA) is 283 Å². The number of nitrogens with one attached hydrogen (secondary N) is 2. The second-order valence-electron chi connectivity index (χ2n) is 16.9. The number of fused-ring (bicyclic) bond motifs is 4. The van der Waals surface area contributed by atoms with Crippen molar-refractivity contribution in [2.75, 3.05) is 62.1 Å². The van der Waals surface area contributed by atoms with Crippen molar-refractivity contribution in [3.63, 3.8) is 0 Å². The number of aryl methyl sites for hydroxylation is 1. The van der Waals surface area contributed by atoms with E-state index in [9.17, 15) is 24.0 Å². The molecule has 7 aromatic rings. The molecule has 1 unspecified atom stereocenters. The highest BCUT2D eigenvalue weighted by molar-refractivity contribution is 6.02. The second-order valence-corrected chi connectivity index (χ2v) is 16.9. The molecular formula is C68H92N2O15. The van der Waals surface area contributed by atoms with Gasteiger partial charge in [-0.25, -0.2) is 14.4 Å². The first-order valence-corrected chi connectivity index (χ1v) is 26.4. The number of carbonyl (C=O) groups excluding carboxylic acids is 4. The van der Waals surface area contributed by atoms with Gasteiger partial charge in [-0.05, 0) is 97.8 Å². The highest BCUT2D eigenvalue weighted by Gasteiger charge is 2.24. The summed E-state index contributed by atoms with van der Waals surface area (Å²) in [6, 6.07) is 53.2. The van der Waals surface area contributed by atoms with Crippen molar-refractivity contribution in [3.8, 4) is 0 Å². The third-order valence-electron chi connectivity index (χ3n) is 10.8. The number of amides is 2. The van der Waals surface area contributed by atoms with Crippen molar-refractivity contribution in [2.45, 2.75) is 72.0 Å². The van der Waals surface area contributed by atoms with E-state index >= 15 is 0 Å². The van der Waals surface area contributed by atoms with E-state index in [0.29, 0.717) is 27.9 Å². The van der Waals surface area contributed by atoms with E-state index in [1.807, 2.05) is 66.7 Å². The maximum Gasteiger partial charge on any atom is 0.336 e. The number of rotatable bonds is 7. The van der Waals surface area contributed by atoms with Gasteiger partial charge in [-0.2, -0.15) is 0 Å². The van der Waals surface area contributed by atoms with Gasteiger partial charge in [0, 0.05) is 116 Å². The van der Waals surface area contributed by atoms with Gasteiger partial charge in [-0.1, -0.05) is 160 Å². The summed E-state index contributed by atoms with van der Waals surface area (Å²) >= 11 is 0. The molecule has 9 N–H and O–H groups in total. The lowest BCUT2D eigenvalue weighted by Gasteiger charge is -2.24. The number of anilines is 1. The second kappa shape index (κ2) is 53.4. The van der Waals surface area contributed by atoms with E-state index in [-0.39, 0.29) is 41.6 Å². The van der Waals surface area contributed by atoms with Crippen LogP contribution in [-0.2, 0) is 54.3 Å². The van der Waals surface area contributed by atoms with E-state index in [1.54, 1.807) is 46.9 Å². The summed E-state index contributed by atoms with van der Waals surface area (Å²) < 4.78 is 15.6. The van der Waals surface area contributed by atoms with Gasteiger partial charge in [0.2, 0.25) is 5.91 Å². The van der Waals surface area contributed by atoms with E-state index in [4.69, 9.17) is 49.6 Å². The predicted molar refractivity (Wildman–Crippen MR) is 344 cm³/mol. The third kappa shape index (κ3) is 35.8. The molecule has 2 amide bonds. The first kappa shape index (κ1) is 82.8. The van der Waals surface area contributed by atoms with Crippen LogP contribution in [-0.4, -0.2) is 129 Å². The Labute approximate surface area is 502 Å². The molecular weight excluding hydrogens is 1080 g/mol. The van der Waals surface area contributed by atoms with E-state index < -0.39 is 0 Å². The zero-order valence-electron chi connectivity index (χ0n) is 51.5.